The van der Waals surface area contributed by atoms with Crippen LogP contribution in [0.15, 0.2) is 53.7 Å². The smallest absolute Gasteiger partial charge is 0.323 e. The van der Waals surface area contributed by atoms with Gasteiger partial charge in [0.1, 0.15) is 0 Å². The SMILES string of the molecule is [C-]#[N+]c1cnc2c(ccn2S(=O)(=O)c2ccccc2)c1N(C)C1C[C@@H]2CN(C(=O)Nc3nc(CN(C)C)ns3)C[C@@H]2C1. The van der Waals surface area contributed by atoms with E-state index in [1.54, 1.807) is 36.4 Å². The first kappa shape index (κ1) is 28.1. The number of benzene rings is 1. The first-order valence-electron chi connectivity index (χ1n) is 13.6. The summed E-state index contributed by atoms with van der Waals surface area (Å²) in [5.74, 6) is 1.35. The summed E-state index contributed by atoms with van der Waals surface area (Å²) in [5, 5.41) is 4.02. The van der Waals surface area contributed by atoms with E-state index in [0.717, 1.165) is 12.8 Å². The summed E-state index contributed by atoms with van der Waals surface area (Å²) in [6.45, 7) is 9.70. The third-order valence-corrected chi connectivity index (χ3v) is 10.5. The monoisotopic (exact) mass is 605 g/mol. The molecule has 42 heavy (non-hydrogen) atoms. The van der Waals surface area contributed by atoms with Crippen LogP contribution in [-0.2, 0) is 16.6 Å². The van der Waals surface area contributed by atoms with Gasteiger partial charge in [0.05, 0.1) is 23.7 Å². The molecule has 1 N–H and O–H groups in total. The maximum Gasteiger partial charge on any atom is 0.323 e. The average molecular weight is 606 g/mol. The second-order valence-corrected chi connectivity index (χ2v) is 13.7. The van der Waals surface area contributed by atoms with Crippen molar-refractivity contribution in [2.75, 3.05) is 44.4 Å². The van der Waals surface area contributed by atoms with E-state index in [1.807, 2.05) is 30.9 Å². The molecule has 2 amide bonds. The Kier molecular flexibility index (Phi) is 7.34. The summed E-state index contributed by atoms with van der Waals surface area (Å²) < 4.78 is 32.3. The van der Waals surface area contributed by atoms with Crippen molar-refractivity contribution in [2.45, 2.75) is 30.3 Å². The molecule has 2 fully saturated rings. The Balaban J connectivity index is 1.18. The van der Waals surface area contributed by atoms with Gasteiger partial charge < -0.3 is 14.7 Å². The van der Waals surface area contributed by atoms with E-state index in [9.17, 15) is 13.2 Å². The van der Waals surface area contributed by atoms with Gasteiger partial charge >= 0.3 is 6.03 Å². The quantitative estimate of drug-likeness (QED) is 0.313. The molecule has 1 unspecified atom stereocenters. The molecular formula is C28H31N9O3S2. The molecule has 1 aliphatic carbocycles. The van der Waals surface area contributed by atoms with Gasteiger partial charge in [-0.3, -0.25) is 5.32 Å². The number of rotatable bonds is 7. The lowest BCUT2D eigenvalue weighted by Gasteiger charge is -2.30. The zero-order chi connectivity index (χ0) is 29.6. The Morgan fingerprint density at radius 2 is 1.86 bits per heavy atom. The Bertz CT molecular complexity index is 1760. The van der Waals surface area contributed by atoms with Crippen molar-refractivity contribution in [3.63, 3.8) is 0 Å². The number of amides is 2. The van der Waals surface area contributed by atoms with Crippen molar-refractivity contribution in [2.24, 2.45) is 11.8 Å². The molecule has 4 heterocycles. The largest absolute Gasteiger partial charge is 0.380 e. The molecule has 14 heteroatoms. The molecule has 2 aliphatic rings. The molecule has 3 aromatic heterocycles. The summed E-state index contributed by atoms with van der Waals surface area (Å²) in [6.07, 6.45) is 4.69. The number of urea groups is 1. The van der Waals surface area contributed by atoms with Gasteiger partial charge in [-0.2, -0.15) is 4.37 Å². The number of carbonyl (C=O) groups is 1. The van der Waals surface area contributed by atoms with Gasteiger partial charge in [0, 0.05) is 55.5 Å². The predicted octanol–water partition coefficient (Wildman–Crippen LogP) is 4.12. The van der Waals surface area contributed by atoms with Crippen LogP contribution in [0.25, 0.3) is 15.9 Å². The molecule has 0 bridgehead atoms. The van der Waals surface area contributed by atoms with Crippen molar-refractivity contribution in [1.82, 2.24) is 28.1 Å². The lowest BCUT2D eigenvalue weighted by molar-refractivity contribution is 0.218. The molecule has 1 saturated carbocycles. The molecule has 1 aliphatic heterocycles. The van der Waals surface area contributed by atoms with Gasteiger partial charge in [0.25, 0.3) is 10.0 Å². The molecule has 218 valence electrons. The summed E-state index contributed by atoms with van der Waals surface area (Å²) in [6, 6.07) is 9.95. The Morgan fingerprint density at radius 3 is 2.52 bits per heavy atom. The number of hydrogen-bond donors (Lipinski definition) is 1. The van der Waals surface area contributed by atoms with E-state index in [4.69, 9.17) is 6.57 Å². The third kappa shape index (κ3) is 5.08. The fourth-order valence-electron chi connectivity index (χ4n) is 6.15. The number of fused-ring (bicyclic) bond motifs is 2. The van der Waals surface area contributed by atoms with E-state index in [0.29, 0.717) is 64.8 Å². The van der Waals surface area contributed by atoms with Crippen molar-refractivity contribution in [1.29, 1.82) is 0 Å². The lowest BCUT2D eigenvalue weighted by Crippen LogP contribution is -2.36. The predicted molar refractivity (Wildman–Crippen MR) is 161 cm³/mol. The summed E-state index contributed by atoms with van der Waals surface area (Å²) in [4.78, 5) is 31.6. The molecule has 0 radical (unpaired) electrons. The van der Waals surface area contributed by atoms with Crippen LogP contribution < -0.4 is 10.2 Å². The topological polar surface area (TPSA) is 121 Å². The molecule has 4 aromatic rings. The van der Waals surface area contributed by atoms with Crippen molar-refractivity contribution in [3.8, 4) is 0 Å². The van der Waals surface area contributed by atoms with E-state index in [2.05, 4.69) is 29.4 Å². The maximum atomic E-state index is 13.4. The summed E-state index contributed by atoms with van der Waals surface area (Å²) >= 11 is 1.19. The summed E-state index contributed by atoms with van der Waals surface area (Å²) in [5.41, 5.74) is 1.35. The highest BCUT2D eigenvalue weighted by Crippen LogP contribution is 2.44. The second kappa shape index (κ2) is 11.0. The molecule has 1 saturated heterocycles. The van der Waals surface area contributed by atoms with Gasteiger partial charge in [-0.25, -0.2) is 32.0 Å². The fraction of sp³-hybridized carbons (Fsp3) is 0.393. The van der Waals surface area contributed by atoms with Crippen molar-refractivity contribution < 1.29 is 13.2 Å². The second-order valence-electron chi connectivity index (χ2n) is 11.1. The highest BCUT2D eigenvalue weighted by molar-refractivity contribution is 7.90. The fourth-order valence-corrected chi connectivity index (χ4v) is 8.04. The van der Waals surface area contributed by atoms with Crippen LogP contribution in [0.1, 0.15) is 18.7 Å². The highest BCUT2D eigenvalue weighted by Gasteiger charge is 2.44. The number of pyridine rings is 1. The number of nitrogens with zero attached hydrogens (tertiary/aromatic N) is 8. The van der Waals surface area contributed by atoms with Crippen LogP contribution in [0.3, 0.4) is 0 Å². The number of likely N-dealkylation sites (tertiary alicyclic amines) is 1. The number of aromatic nitrogens is 4. The normalized spacial score (nSPS) is 20.2. The van der Waals surface area contributed by atoms with Gasteiger partial charge in [0.15, 0.2) is 11.5 Å². The Labute approximate surface area is 248 Å². The molecule has 3 atom stereocenters. The van der Waals surface area contributed by atoms with Gasteiger partial charge in [0.2, 0.25) is 10.8 Å². The first-order valence-corrected chi connectivity index (χ1v) is 15.8. The van der Waals surface area contributed by atoms with Gasteiger partial charge in [-0.15, -0.1) is 0 Å². The first-order chi connectivity index (χ1) is 20.2. The van der Waals surface area contributed by atoms with Crippen molar-refractivity contribution >= 4 is 55.1 Å². The highest BCUT2D eigenvalue weighted by atomic mass is 32.2. The Hall–Kier alpha value is -4.06. The molecule has 6 rings (SSSR count). The zero-order valence-electron chi connectivity index (χ0n) is 23.5. The van der Waals surface area contributed by atoms with Crippen LogP contribution in [0, 0.1) is 18.4 Å². The van der Waals surface area contributed by atoms with Crippen LogP contribution >= 0.6 is 11.5 Å². The minimum Gasteiger partial charge on any atom is -0.380 e. The van der Waals surface area contributed by atoms with Crippen LogP contribution in [-0.4, -0.2) is 82.8 Å². The number of carbonyl (C=O) groups excluding carboxylic acids is 1. The minimum absolute atomic E-state index is 0.141. The average Bonchev–Trinajstić information content (AvgIpc) is 3.75. The van der Waals surface area contributed by atoms with Crippen LogP contribution in [0.5, 0.6) is 0 Å². The zero-order valence-corrected chi connectivity index (χ0v) is 25.1. The van der Waals surface area contributed by atoms with Crippen LogP contribution in [0.2, 0.25) is 0 Å². The van der Waals surface area contributed by atoms with E-state index in [-0.39, 0.29) is 17.0 Å². The Morgan fingerprint density at radius 1 is 1.14 bits per heavy atom. The maximum absolute atomic E-state index is 13.4. The standard InChI is InChI=1S/C28H31N9O3S2/c1-29-23-14-30-26-22(10-11-37(26)42(39,40)21-8-6-5-7-9-21)25(23)35(4)20-12-18-15-36(16-19(18)13-20)28(38)32-27-31-24(33-41-27)17-34(2)3/h5-11,14,18-20H,12-13,15-17H2,2-4H3,(H,31,32,33,38)/t18-,19+,20?. The molecule has 12 nitrogen and oxygen atoms in total. The number of hydrogen-bond acceptors (Lipinski definition) is 9. The minimum atomic E-state index is -3.85. The van der Waals surface area contributed by atoms with E-state index >= 15 is 0 Å². The van der Waals surface area contributed by atoms with E-state index < -0.39 is 10.0 Å². The van der Waals surface area contributed by atoms with Gasteiger partial charge in [-0.1, -0.05) is 18.2 Å². The van der Waals surface area contributed by atoms with Gasteiger partial charge in [-0.05, 0) is 57.0 Å². The lowest BCUT2D eigenvalue weighted by atomic mass is 10.0. The molecular weight excluding hydrogens is 575 g/mol. The van der Waals surface area contributed by atoms with E-state index in [1.165, 1.54) is 27.9 Å². The number of anilines is 2. The van der Waals surface area contributed by atoms with Crippen molar-refractivity contribution in [3.05, 3.63) is 66.0 Å². The third-order valence-electron chi connectivity index (χ3n) is 8.11. The summed E-state index contributed by atoms with van der Waals surface area (Å²) in [7, 11) is 2.00. The number of nitrogens with one attached hydrogen (secondary N) is 1. The van der Waals surface area contributed by atoms with Crippen LogP contribution in [0.4, 0.5) is 21.3 Å². The molecule has 0 spiro atoms. The molecule has 1 aromatic carbocycles.